The lowest BCUT2D eigenvalue weighted by molar-refractivity contribution is -0.166. The molecule has 1 unspecified atom stereocenters. The molecule has 1 atom stereocenters. The molecule has 84 valence electrons. The quantitative estimate of drug-likeness (QED) is 0.713. The van der Waals surface area contributed by atoms with Crippen molar-refractivity contribution in [2.24, 2.45) is 0 Å². The normalized spacial score (nSPS) is 27.8. The van der Waals surface area contributed by atoms with Gasteiger partial charge in [-0.3, -0.25) is 9.59 Å². The summed E-state index contributed by atoms with van der Waals surface area (Å²) in [4.78, 5) is 23.2. The molecule has 0 saturated carbocycles. The van der Waals surface area contributed by atoms with Gasteiger partial charge in [0.15, 0.2) is 0 Å². The maximum atomic E-state index is 11.0. The molecule has 2 rings (SSSR count). The van der Waals surface area contributed by atoms with Gasteiger partial charge >= 0.3 is 5.97 Å². The maximum absolute atomic E-state index is 11.0. The number of aliphatic carboxylic acids is 1. The molecule has 15 heavy (non-hydrogen) atoms. The second-order valence-corrected chi connectivity index (χ2v) is 4.43. The largest absolute Gasteiger partial charge is 0.481 e. The fraction of sp³-hybridized carbons (Fsp3) is 0.800. The summed E-state index contributed by atoms with van der Waals surface area (Å²) < 4.78 is 5.70. The SMILES string of the molecule is CC(=O)N1CC2(CCC(CC(=O)O)O2)C1. The number of hydrogen-bond acceptors (Lipinski definition) is 3. The van der Waals surface area contributed by atoms with Crippen molar-refractivity contribution in [2.45, 2.75) is 37.9 Å². The fourth-order valence-electron chi connectivity index (χ4n) is 2.34. The van der Waals surface area contributed by atoms with Gasteiger partial charge in [0.2, 0.25) is 5.91 Å². The zero-order valence-corrected chi connectivity index (χ0v) is 8.73. The van der Waals surface area contributed by atoms with Crippen molar-refractivity contribution < 1.29 is 19.4 Å². The number of likely N-dealkylation sites (tertiary alicyclic amines) is 1. The van der Waals surface area contributed by atoms with Crippen molar-refractivity contribution in [3.05, 3.63) is 0 Å². The third-order valence-electron chi connectivity index (χ3n) is 3.14. The van der Waals surface area contributed by atoms with Crippen LogP contribution in [0.4, 0.5) is 0 Å². The highest BCUT2D eigenvalue weighted by molar-refractivity contribution is 5.74. The maximum Gasteiger partial charge on any atom is 0.305 e. The summed E-state index contributed by atoms with van der Waals surface area (Å²) in [5.41, 5.74) is -0.230. The van der Waals surface area contributed by atoms with Crippen molar-refractivity contribution in [3.63, 3.8) is 0 Å². The number of carboxylic acids is 1. The summed E-state index contributed by atoms with van der Waals surface area (Å²) in [6, 6.07) is 0. The van der Waals surface area contributed by atoms with E-state index in [1.807, 2.05) is 0 Å². The van der Waals surface area contributed by atoms with E-state index in [1.54, 1.807) is 4.90 Å². The monoisotopic (exact) mass is 213 g/mol. The van der Waals surface area contributed by atoms with E-state index in [1.165, 1.54) is 6.92 Å². The Morgan fingerprint density at radius 3 is 2.73 bits per heavy atom. The second kappa shape index (κ2) is 3.48. The smallest absolute Gasteiger partial charge is 0.305 e. The lowest BCUT2D eigenvalue weighted by Gasteiger charge is -2.47. The van der Waals surface area contributed by atoms with Crippen molar-refractivity contribution >= 4 is 11.9 Å². The van der Waals surface area contributed by atoms with Crippen LogP contribution in [0.15, 0.2) is 0 Å². The molecule has 0 radical (unpaired) electrons. The zero-order chi connectivity index (χ0) is 11.1. The molecule has 5 heteroatoms. The predicted octanol–water partition coefficient (Wildman–Crippen LogP) is 0.241. The van der Waals surface area contributed by atoms with Crippen molar-refractivity contribution in [3.8, 4) is 0 Å². The van der Waals surface area contributed by atoms with Crippen LogP contribution in [0.3, 0.4) is 0 Å². The topological polar surface area (TPSA) is 66.8 Å². The third-order valence-corrected chi connectivity index (χ3v) is 3.14. The van der Waals surface area contributed by atoms with Gasteiger partial charge in [-0.25, -0.2) is 0 Å². The lowest BCUT2D eigenvalue weighted by Crippen LogP contribution is -2.62. The van der Waals surface area contributed by atoms with Crippen LogP contribution in [0.5, 0.6) is 0 Å². The van der Waals surface area contributed by atoms with Crippen LogP contribution in [0.25, 0.3) is 0 Å². The molecule has 2 fully saturated rings. The van der Waals surface area contributed by atoms with Gasteiger partial charge in [-0.2, -0.15) is 0 Å². The van der Waals surface area contributed by atoms with E-state index >= 15 is 0 Å². The second-order valence-electron chi connectivity index (χ2n) is 4.43. The summed E-state index contributed by atoms with van der Waals surface area (Å²) in [7, 11) is 0. The van der Waals surface area contributed by atoms with Gasteiger partial charge in [-0.1, -0.05) is 0 Å². The Bertz CT molecular complexity index is 296. The van der Waals surface area contributed by atoms with Gasteiger partial charge < -0.3 is 14.7 Å². The van der Waals surface area contributed by atoms with Gasteiger partial charge in [0.25, 0.3) is 0 Å². The number of amides is 1. The Morgan fingerprint density at radius 2 is 2.20 bits per heavy atom. The number of carboxylic acid groups (broad SMARTS) is 1. The first-order valence-corrected chi connectivity index (χ1v) is 5.16. The molecule has 0 aliphatic carbocycles. The first-order valence-electron chi connectivity index (χ1n) is 5.16. The van der Waals surface area contributed by atoms with Crippen LogP contribution in [-0.4, -0.2) is 46.7 Å². The zero-order valence-electron chi connectivity index (χ0n) is 8.73. The fourth-order valence-corrected chi connectivity index (χ4v) is 2.34. The summed E-state index contributed by atoms with van der Waals surface area (Å²) in [6.07, 6.45) is 1.56. The molecule has 2 heterocycles. The van der Waals surface area contributed by atoms with Crippen molar-refractivity contribution in [1.29, 1.82) is 0 Å². The van der Waals surface area contributed by atoms with Crippen LogP contribution in [0.1, 0.15) is 26.2 Å². The van der Waals surface area contributed by atoms with Crippen LogP contribution in [0.2, 0.25) is 0 Å². The van der Waals surface area contributed by atoms with Gasteiger partial charge in [0, 0.05) is 6.92 Å². The Labute approximate surface area is 88.0 Å². The molecule has 1 N–H and O–H groups in total. The molecule has 1 spiro atoms. The number of carbonyl (C=O) groups excluding carboxylic acids is 1. The molecule has 5 nitrogen and oxygen atoms in total. The summed E-state index contributed by atoms with van der Waals surface area (Å²) in [6.45, 7) is 2.79. The number of rotatable bonds is 2. The Balaban J connectivity index is 1.84. The van der Waals surface area contributed by atoms with Crippen LogP contribution in [-0.2, 0) is 14.3 Å². The average molecular weight is 213 g/mol. The molecular weight excluding hydrogens is 198 g/mol. The van der Waals surface area contributed by atoms with E-state index < -0.39 is 5.97 Å². The molecular formula is C10H15NO4. The molecule has 0 bridgehead atoms. The highest BCUT2D eigenvalue weighted by Gasteiger charge is 2.50. The highest BCUT2D eigenvalue weighted by Crippen LogP contribution is 2.38. The molecule has 2 saturated heterocycles. The van der Waals surface area contributed by atoms with Crippen LogP contribution >= 0.6 is 0 Å². The van der Waals surface area contributed by atoms with Crippen LogP contribution in [0, 0.1) is 0 Å². The van der Waals surface area contributed by atoms with Gasteiger partial charge in [-0.15, -0.1) is 0 Å². The number of ether oxygens (including phenoxy) is 1. The van der Waals surface area contributed by atoms with E-state index in [-0.39, 0.29) is 24.0 Å². The predicted molar refractivity (Wildman–Crippen MR) is 51.3 cm³/mol. The van der Waals surface area contributed by atoms with E-state index in [0.29, 0.717) is 13.1 Å². The first kappa shape index (κ1) is 10.4. The van der Waals surface area contributed by atoms with Gasteiger partial charge in [0.1, 0.15) is 5.60 Å². The molecule has 1 amide bonds. The van der Waals surface area contributed by atoms with E-state index in [0.717, 1.165) is 12.8 Å². The Hall–Kier alpha value is -1.10. The number of nitrogens with zero attached hydrogens (tertiary/aromatic N) is 1. The summed E-state index contributed by atoms with van der Waals surface area (Å²) >= 11 is 0. The molecule has 2 aliphatic heterocycles. The summed E-state index contributed by atoms with van der Waals surface area (Å²) in [5, 5.41) is 8.63. The highest BCUT2D eigenvalue weighted by atomic mass is 16.5. The van der Waals surface area contributed by atoms with Crippen LogP contribution < -0.4 is 0 Å². The number of carbonyl (C=O) groups is 2. The first-order chi connectivity index (χ1) is 7.01. The number of hydrogen-bond donors (Lipinski definition) is 1. The standard InChI is InChI=1S/C10H15NO4/c1-7(12)11-5-10(6-11)3-2-8(15-10)4-9(13)14/h8H,2-6H2,1H3,(H,13,14). The lowest BCUT2D eigenvalue weighted by atomic mass is 9.90. The minimum absolute atomic E-state index is 0.0610. The van der Waals surface area contributed by atoms with E-state index in [4.69, 9.17) is 9.84 Å². The Morgan fingerprint density at radius 1 is 1.53 bits per heavy atom. The minimum atomic E-state index is -0.820. The minimum Gasteiger partial charge on any atom is -0.481 e. The van der Waals surface area contributed by atoms with Gasteiger partial charge in [0.05, 0.1) is 25.6 Å². The third kappa shape index (κ3) is 1.97. The van der Waals surface area contributed by atoms with Crippen molar-refractivity contribution in [1.82, 2.24) is 4.90 Å². The molecule has 0 aromatic heterocycles. The Kier molecular flexibility index (Phi) is 2.42. The molecule has 0 aromatic rings. The molecule has 2 aliphatic rings. The molecule has 0 aromatic carbocycles. The average Bonchev–Trinajstić information content (AvgIpc) is 2.44. The van der Waals surface area contributed by atoms with Gasteiger partial charge in [-0.05, 0) is 12.8 Å². The van der Waals surface area contributed by atoms with Crippen molar-refractivity contribution in [2.75, 3.05) is 13.1 Å². The summed E-state index contributed by atoms with van der Waals surface area (Å²) in [5.74, 6) is -0.759. The van der Waals surface area contributed by atoms with E-state index in [2.05, 4.69) is 0 Å². The van der Waals surface area contributed by atoms with E-state index in [9.17, 15) is 9.59 Å².